The third kappa shape index (κ3) is 2.94. The van der Waals surface area contributed by atoms with Crippen molar-refractivity contribution in [2.75, 3.05) is 0 Å². The smallest absolute Gasteiger partial charge is 0.276 e. The van der Waals surface area contributed by atoms with Gasteiger partial charge in [-0.05, 0) is 24.1 Å². The summed E-state index contributed by atoms with van der Waals surface area (Å²) in [6.07, 6.45) is 0.562. The molecule has 0 unspecified atom stereocenters. The zero-order valence-corrected chi connectivity index (χ0v) is 11.6. The molecule has 0 saturated heterocycles. The lowest BCUT2D eigenvalue weighted by atomic mass is 10.1. The summed E-state index contributed by atoms with van der Waals surface area (Å²) in [4.78, 5) is 2.77. The summed E-state index contributed by atoms with van der Waals surface area (Å²) in [6, 6.07) is 5.13. The van der Waals surface area contributed by atoms with E-state index in [0.29, 0.717) is 12.3 Å². The number of H-pyrrole nitrogens is 2. The van der Waals surface area contributed by atoms with Crippen LogP contribution in [-0.4, -0.2) is 23.6 Å². The van der Waals surface area contributed by atoms with Gasteiger partial charge in [0.15, 0.2) is 0 Å². The Morgan fingerprint density at radius 1 is 1.33 bits per heavy atom. The first kappa shape index (κ1) is 13.2. The zero-order valence-electron chi connectivity index (χ0n) is 10.1. The van der Waals surface area contributed by atoms with Gasteiger partial charge in [-0.3, -0.25) is 5.10 Å². The highest BCUT2D eigenvalue weighted by Gasteiger charge is 2.13. The van der Waals surface area contributed by atoms with Gasteiger partial charge in [-0.1, -0.05) is 13.8 Å². The lowest BCUT2D eigenvalue weighted by Gasteiger charge is -1.96. The van der Waals surface area contributed by atoms with Gasteiger partial charge in [0.05, 0.1) is 5.69 Å². The molecule has 2 rings (SSSR count). The molecule has 0 spiro atoms. The molecule has 0 bridgehead atoms. The van der Waals surface area contributed by atoms with Crippen molar-refractivity contribution in [3.8, 4) is 0 Å². The van der Waals surface area contributed by atoms with E-state index in [1.807, 2.05) is 6.07 Å². The fraction of sp³-hybridized carbons (Fsp3) is 0.364. The quantitative estimate of drug-likeness (QED) is 0.848. The molecule has 2 aromatic heterocycles. The molecule has 0 aliphatic rings. The second kappa shape index (κ2) is 4.78. The Labute approximate surface area is 110 Å². The summed E-state index contributed by atoms with van der Waals surface area (Å²) >= 11 is 0. The number of hydrogen-bond acceptors (Lipinski definition) is 3. The average Bonchev–Trinajstić information content (AvgIpc) is 2.85. The van der Waals surface area contributed by atoms with Crippen molar-refractivity contribution in [2.24, 2.45) is 0 Å². The second-order valence-electron chi connectivity index (χ2n) is 4.44. The van der Waals surface area contributed by atoms with Gasteiger partial charge < -0.3 is 4.98 Å². The van der Waals surface area contributed by atoms with E-state index in [1.165, 1.54) is 6.07 Å². The fourth-order valence-electron chi connectivity index (χ4n) is 1.63. The van der Waals surface area contributed by atoms with E-state index in [9.17, 15) is 8.42 Å². The number of nitrogens with zero attached hydrogens (tertiary/aromatic N) is 1. The van der Waals surface area contributed by atoms with Crippen LogP contribution < -0.4 is 0 Å². The minimum absolute atomic E-state index is 0.0164. The van der Waals surface area contributed by atoms with E-state index in [2.05, 4.69) is 29.0 Å². The van der Waals surface area contributed by atoms with E-state index in [4.69, 9.17) is 10.7 Å². The summed E-state index contributed by atoms with van der Waals surface area (Å²) in [7, 11) is 1.55. The predicted molar refractivity (Wildman–Crippen MR) is 69.3 cm³/mol. The highest BCUT2D eigenvalue weighted by molar-refractivity contribution is 8.13. The Morgan fingerprint density at radius 3 is 2.56 bits per heavy atom. The minimum atomic E-state index is -3.69. The van der Waals surface area contributed by atoms with Crippen molar-refractivity contribution >= 4 is 19.7 Å². The molecule has 18 heavy (non-hydrogen) atoms. The summed E-state index contributed by atoms with van der Waals surface area (Å²) < 4.78 is 22.2. The standard InChI is InChI=1S/C11H14ClN3O2S/c1-7(2)10-6-9(14-15-10)5-8-3-4-11(13-8)18(12,16)17/h3-4,6-7,13H,5H2,1-2H3,(H,14,15). The summed E-state index contributed by atoms with van der Waals surface area (Å²) in [5.41, 5.74) is 2.69. The first-order valence-electron chi connectivity index (χ1n) is 5.53. The lowest BCUT2D eigenvalue weighted by Crippen LogP contribution is -1.93. The van der Waals surface area contributed by atoms with Gasteiger partial charge in [0.25, 0.3) is 9.05 Å². The Hall–Kier alpha value is -1.27. The van der Waals surface area contributed by atoms with Crippen LogP contribution in [0.2, 0.25) is 0 Å². The van der Waals surface area contributed by atoms with Crippen LogP contribution in [0.1, 0.15) is 36.8 Å². The number of nitrogens with one attached hydrogen (secondary N) is 2. The number of rotatable bonds is 4. The highest BCUT2D eigenvalue weighted by atomic mass is 35.7. The van der Waals surface area contributed by atoms with Crippen molar-refractivity contribution in [3.63, 3.8) is 0 Å². The maximum atomic E-state index is 11.1. The summed E-state index contributed by atoms with van der Waals surface area (Å²) in [6.45, 7) is 4.12. The molecule has 0 radical (unpaired) electrons. The maximum Gasteiger partial charge on any atom is 0.276 e. The van der Waals surface area contributed by atoms with Crippen LogP contribution in [0.5, 0.6) is 0 Å². The number of aromatic nitrogens is 3. The van der Waals surface area contributed by atoms with Crippen molar-refractivity contribution in [2.45, 2.75) is 31.2 Å². The molecule has 0 aliphatic heterocycles. The van der Waals surface area contributed by atoms with Gasteiger partial charge in [-0.25, -0.2) is 8.42 Å². The first-order valence-corrected chi connectivity index (χ1v) is 7.84. The monoisotopic (exact) mass is 287 g/mol. The van der Waals surface area contributed by atoms with Crippen molar-refractivity contribution in [1.82, 2.24) is 15.2 Å². The number of aromatic amines is 2. The SMILES string of the molecule is CC(C)c1cc(Cc2ccc(S(=O)(=O)Cl)[nH]2)[nH]n1. The summed E-state index contributed by atoms with van der Waals surface area (Å²) in [5.74, 6) is 0.359. The largest absolute Gasteiger partial charge is 0.348 e. The van der Waals surface area contributed by atoms with E-state index < -0.39 is 9.05 Å². The molecular weight excluding hydrogens is 274 g/mol. The number of halogens is 1. The molecule has 7 heteroatoms. The highest BCUT2D eigenvalue weighted by Crippen LogP contribution is 2.17. The third-order valence-corrected chi connectivity index (χ3v) is 3.87. The van der Waals surface area contributed by atoms with E-state index >= 15 is 0 Å². The third-order valence-electron chi connectivity index (χ3n) is 2.61. The van der Waals surface area contributed by atoms with Crippen LogP contribution in [0, 0.1) is 0 Å². The molecule has 2 N–H and O–H groups in total. The van der Waals surface area contributed by atoms with Crippen molar-refractivity contribution in [3.05, 3.63) is 35.3 Å². The van der Waals surface area contributed by atoms with Gasteiger partial charge in [-0.2, -0.15) is 5.10 Å². The molecular formula is C11H14ClN3O2S. The molecule has 0 amide bonds. The lowest BCUT2D eigenvalue weighted by molar-refractivity contribution is 0.606. The molecule has 0 atom stereocenters. The van der Waals surface area contributed by atoms with E-state index in [1.54, 1.807) is 6.07 Å². The molecule has 2 heterocycles. The summed E-state index contributed by atoms with van der Waals surface area (Å²) in [5, 5.41) is 7.13. The molecule has 98 valence electrons. The molecule has 0 fully saturated rings. The zero-order chi connectivity index (χ0) is 13.3. The molecule has 0 aliphatic carbocycles. The topological polar surface area (TPSA) is 78.6 Å². The maximum absolute atomic E-state index is 11.1. The minimum Gasteiger partial charge on any atom is -0.348 e. The average molecular weight is 288 g/mol. The van der Waals surface area contributed by atoms with Crippen LogP contribution in [0.25, 0.3) is 0 Å². The van der Waals surface area contributed by atoms with Crippen LogP contribution in [0.3, 0.4) is 0 Å². The van der Waals surface area contributed by atoms with Crippen LogP contribution in [0.4, 0.5) is 0 Å². The van der Waals surface area contributed by atoms with E-state index in [0.717, 1.165) is 17.1 Å². The van der Waals surface area contributed by atoms with E-state index in [-0.39, 0.29) is 5.03 Å². The Morgan fingerprint density at radius 2 is 2.06 bits per heavy atom. The Bertz CT molecular complexity index is 643. The van der Waals surface area contributed by atoms with Crippen LogP contribution in [0.15, 0.2) is 23.2 Å². The second-order valence-corrected chi connectivity index (χ2v) is 6.97. The van der Waals surface area contributed by atoms with Gasteiger partial charge in [-0.15, -0.1) is 0 Å². The van der Waals surface area contributed by atoms with Crippen molar-refractivity contribution < 1.29 is 8.42 Å². The molecule has 0 aromatic carbocycles. The molecule has 2 aromatic rings. The Balaban J connectivity index is 2.16. The van der Waals surface area contributed by atoms with Gasteiger partial charge in [0, 0.05) is 28.5 Å². The molecule has 5 nitrogen and oxygen atoms in total. The van der Waals surface area contributed by atoms with Gasteiger partial charge >= 0.3 is 0 Å². The fourth-order valence-corrected chi connectivity index (χ4v) is 2.39. The first-order chi connectivity index (χ1) is 8.36. The van der Waals surface area contributed by atoms with Gasteiger partial charge in [0.1, 0.15) is 5.03 Å². The normalized spacial score (nSPS) is 12.2. The predicted octanol–water partition coefficient (Wildman–Crippen LogP) is 2.38. The van der Waals surface area contributed by atoms with Crippen LogP contribution >= 0.6 is 10.7 Å². The molecule has 0 saturated carbocycles. The van der Waals surface area contributed by atoms with Crippen LogP contribution in [-0.2, 0) is 15.5 Å². The van der Waals surface area contributed by atoms with Crippen molar-refractivity contribution in [1.29, 1.82) is 0 Å². The van der Waals surface area contributed by atoms with Gasteiger partial charge in [0.2, 0.25) is 0 Å². The number of hydrogen-bond donors (Lipinski definition) is 2. The Kier molecular flexibility index (Phi) is 3.49.